The molecular weight excluding hydrogens is 376 g/mol. The van der Waals surface area contributed by atoms with Gasteiger partial charge in [-0.2, -0.15) is 5.26 Å². The van der Waals surface area contributed by atoms with E-state index in [2.05, 4.69) is 0 Å². The molecular formula is C20H18N4O5. The van der Waals surface area contributed by atoms with Gasteiger partial charge in [0.15, 0.2) is 5.58 Å². The fourth-order valence-electron chi connectivity index (χ4n) is 3.02. The van der Waals surface area contributed by atoms with Crippen molar-refractivity contribution < 1.29 is 14.1 Å². The summed E-state index contributed by atoms with van der Waals surface area (Å²) in [4.78, 5) is 37.0. The number of amides is 1. The molecule has 3 aromatic rings. The summed E-state index contributed by atoms with van der Waals surface area (Å²) < 4.78 is 6.25. The van der Waals surface area contributed by atoms with E-state index in [-0.39, 0.29) is 23.7 Å². The van der Waals surface area contributed by atoms with Crippen molar-refractivity contribution >= 4 is 22.7 Å². The summed E-state index contributed by atoms with van der Waals surface area (Å²) in [7, 11) is 0. The Morgan fingerprint density at radius 1 is 1.28 bits per heavy atom. The maximum atomic E-state index is 12.9. The number of benzene rings is 2. The van der Waals surface area contributed by atoms with Gasteiger partial charge in [0, 0.05) is 19.2 Å². The second-order valence-electron chi connectivity index (χ2n) is 6.49. The molecule has 0 aliphatic carbocycles. The van der Waals surface area contributed by atoms with Crippen LogP contribution in [-0.2, 0) is 17.9 Å². The second kappa shape index (κ2) is 8.39. The average Bonchev–Trinajstić information content (AvgIpc) is 3.02. The molecule has 2 aromatic carbocycles. The van der Waals surface area contributed by atoms with Crippen LogP contribution in [0.4, 0.5) is 5.69 Å². The Balaban J connectivity index is 1.84. The van der Waals surface area contributed by atoms with E-state index >= 15 is 0 Å². The van der Waals surface area contributed by atoms with Gasteiger partial charge in [0.25, 0.3) is 5.69 Å². The van der Waals surface area contributed by atoms with E-state index in [1.54, 1.807) is 29.2 Å². The van der Waals surface area contributed by atoms with Crippen molar-refractivity contribution in [1.82, 2.24) is 9.47 Å². The van der Waals surface area contributed by atoms with Gasteiger partial charge in [-0.25, -0.2) is 4.79 Å². The molecule has 1 amide bonds. The number of nitrogens with zero attached hydrogens (tertiary/aromatic N) is 4. The van der Waals surface area contributed by atoms with Crippen LogP contribution in [0.15, 0.2) is 51.7 Å². The van der Waals surface area contributed by atoms with Gasteiger partial charge in [-0.3, -0.25) is 19.5 Å². The Labute approximate surface area is 165 Å². The van der Waals surface area contributed by atoms with Crippen molar-refractivity contribution in [2.75, 3.05) is 6.54 Å². The molecule has 0 aliphatic rings. The highest BCUT2D eigenvalue weighted by molar-refractivity contribution is 5.80. The molecule has 1 aromatic heterocycles. The standard InChI is InChI=1S/C20H18N4O5/c1-2-9-22(12-15-5-3-14(11-21)4-6-15)19(25)13-23-17-8-7-16(24(27)28)10-18(17)29-20(23)26/h3-8,10H,2,9,12-13H2,1H3. The van der Waals surface area contributed by atoms with Gasteiger partial charge in [-0.1, -0.05) is 19.1 Å². The number of carbonyl (C=O) groups excluding carboxylic acids is 1. The minimum Gasteiger partial charge on any atom is -0.407 e. The molecule has 0 aliphatic heterocycles. The lowest BCUT2D eigenvalue weighted by Crippen LogP contribution is -2.35. The smallest absolute Gasteiger partial charge is 0.407 e. The molecule has 148 valence electrons. The summed E-state index contributed by atoms with van der Waals surface area (Å²) >= 11 is 0. The van der Waals surface area contributed by atoms with Crippen LogP contribution in [-0.4, -0.2) is 26.8 Å². The van der Waals surface area contributed by atoms with Crippen LogP contribution in [0.3, 0.4) is 0 Å². The van der Waals surface area contributed by atoms with Crippen molar-refractivity contribution in [1.29, 1.82) is 5.26 Å². The van der Waals surface area contributed by atoms with E-state index in [1.807, 2.05) is 13.0 Å². The van der Waals surface area contributed by atoms with E-state index in [0.29, 0.717) is 24.2 Å². The van der Waals surface area contributed by atoms with Crippen molar-refractivity contribution in [3.63, 3.8) is 0 Å². The Bertz CT molecular complexity index is 1150. The summed E-state index contributed by atoms with van der Waals surface area (Å²) in [6.45, 7) is 2.54. The van der Waals surface area contributed by atoms with Crippen LogP contribution in [0, 0.1) is 21.4 Å². The first-order valence-corrected chi connectivity index (χ1v) is 8.97. The lowest BCUT2D eigenvalue weighted by Gasteiger charge is -2.22. The van der Waals surface area contributed by atoms with Crippen LogP contribution in [0.2, 0.25) is 0 Å². The van der Waals surface area contributed by atoms with Crippen LogP contribution in [0.1, 0.15) is 24.5 Å². The summed E-state index contributed by atoms with van der Waals surface area (Å²) in [6.07, 6.45) is 0.731. The topological polar surface area (TPSA) is 122 Å². The second-order valence-corrected chi connectivity index (χ2v) is 6.49. The largest absolute Gasteiger partial charge is 0.420 e. The number of nitro groups is 1. The van der Waals surface area contributed by atoms with Gasteiger partial charge in [0.1, 0.15) is 6.54 Å². The van der Waals surface area contributed by atoms with E-state index in [0.717, 1.165) is 18.1 Å². The molecule has 0 bridgehead atoms. The molecule has 29 heavy (non-hydrogen) atoms. The molecule has 0 fully saturated rings. The highest BCUT2D eigenvalue weighted by atomic mass is 16.6. The zero-order valence-electron chi connectivity index (χ0n) is 15.7. The van der Waals surface area contributed by atoms with Crippen molar-refractivity contribution in [3.05, 3.63) is 74.3 Å². The Kier molecular flexibility index (Phi) is 5.74. The van der Waals surface area contributed by atoms with Crippen molar-refractivity contribution in [2.24, 2.45) is 0 Å². The SMILES string of the molecule is CCCN(Cc1ccc(C#N)cc1)C(=O)Cn1c(=O)oc2cc([N+](=O)[O-])ccc21. The maximum absolute atomic E-state index is 12.9. The average molecular weight is 394 g/mol. The summed E-state index contributed by atoms with van der Waals surface area (Å²) in [6, 6.07) is 12.8. The molecule has 0 radical (unpaired) electrons. The van der Waals surface area contributed by atoms with Crippen molar-refractivity contribution in [2.45, 2.75) is 26.4 Å². The van der Waals surface area contributed by atoms with Gasteiger partial charge in [0.2, 0.25) is 5.91 Å². The van der Waals surface area contributed by atoms with E-state index in [4.69, 9.17) is 9.68 Å². The lowest BCUT2D eigenvalue weighted by atomic mass is 10.1. The number of hydrogen-bond acceptors (Lipinski definition) is 6. The van der Waals surface area contributed by atoms with Crippen molar-refractivity contribution in [3.8, 4) is 6.07 Å². The Hall–Kier alpha value is -3.93. The number of rotatable bonds is 7. The predicted octanol–water partition coefficient (Wildman–Crippen LogP) is 2.81. The Morgan fingerprint density at radius 3 is 2.62 bits per heavy atom. The van der Waals surface area contributed by atoms with Crippen LogP contribution in [0.25, 0.3) is 11.1 Å². The first-order valence-electron chi connectivity index (χ1n) is 8.97. The molecule has 9 heteroatoms. The van der Waals surface area contributed by atoms with Gasteiger partial charge in [0.05, 0.1) is 28.1 Å². The number of non-ortho nitro benzene ring substituents is 1. The monoisotopic (exact) mass is 394 g/mol. The van der Waals surface area contributed by atoms with Gasteiger partial charge in [-0.15, -0.1) is 0 Å². The molecule has 3 rings (SSSR count). The predicted molar refractivity (Wildman–Crippen MR) is 104 cm³/mol. The van der Waals surface area contributed by atoms with Gasteiger partial charge in [-0.05, 0) is 30.2 Å². The third-order valence-electron chi connectivity index (χ3n) is 4.46. The molecule has 9 nitrogen and oxygen atoms in total. The van der Waals surface area contributed by atoms with E-state index < -0.39 is 10.7 Å². The quantitative estimate of drug-likeness (QED) is 0.448. The number of carbonyl (C=O) groups is 1. The molecule has 0 saturated heterocycles. The minimum absolute atomic E-state index is 0.0612. The number of fused-ring (bicyclic) bond motifs is 1. The number of aromatic nitrogens is 1. The fourth-order valence-corrected chi connectivity index (χ4v) is 3.02. The normalized spacial score (nSPS) is 10.6. The first-order chi connectivity index (χ1) is 13.9. The highest BCUT2D eigenvalue weighted by Gasteiger charge is 2.19. The van der Waals surface area contributed by atoms with E-state index in [1.165, 1.54) is 16.7 Å². The molecule has 1 heterocycles. The number of oxazole rings is 1. The van der Waals surface area contributed by atoms with E-state index in [9.17, 15) is 19.7 Å². The van der Waals surface area contributed by atoms with Gasteiger partial charge < -0.3 is 9.32 Å². The summed E-state index contributed by atoms with van der Waals surface area (Å²) in [5.41, 5.74) is 1.59. The highest BCUT2D eigenvalue weighted by Crippen LogP contribution is 2.20. The number of nitro benzene ring substituents is 1. The molecule has 0 N–H and O–H groups in total. The van der Waals surface area contributed by atoms with Crippen LogP contribution < -0.4 is 5.76 Å². The lowest BCUT2D eigenvalue weighted by molar-refractivity contribution is -0.384. The molecule has 0 unspecified atom stereocenters. The zero-order valence-corrected chi connectivity index (χ0v) is 15.7. The fraction of sp³-hybridized carbons (Fsp3) is 0.250. The molecule has 0 saturated carbocycles. The third-order valence-corrected chi connectivity index (χ3v) is 4.46. The Morgan fingerprint density at radius 2 is 2.00 bits per heavy atom. The zero-order chi connectivity index (χ0) is 21.0. The van der Waals surface area contributed by atoms with Crippen LogP contribution >= 0.6 is 0 Å². The minimum atomic E-state index is -0.747. The van der Waals surface area contributed by atoms with Gasteiger partial charge >= 0.3 is 5.76 Å². The maximum Gasteiger partial charge on any atom is 0.420 e. The molecule has 0 spiro atoms. The molecule has 0 atom stereocenters. The third kappa shape index (κ3) is 4.32. The summed E-state index contributed by atoms with van der Waals surface area (Å²) in [5, 5.41) is 19.8. The van der Waals surface area contributed by atoms with Crippen LogP contribution in [0.5, 0.6) is 0 Å². The summed E-state index contributed by atoms with van der Waals surface area (Å²) in [5.74, 6) is -1.02. The first kappa shape index (κ1) is 19.8. The number of hydrogen-bond donors (Lipinski definition) is 0. The number of nitriles is 1.